The van der Waals surface area contributed by atoms with E-state index in [-0.39, 0.29) is 25.0 Å². The van der Waals surface area contributed by atoms with E-state index < -0.39 is 5.97 Å². The molecule has 0 spiro atoms. The molecule has 0 aromatic carbocycles. The fraction of sp³-hybridized carbons (Fsp3) is 0.714. The van der Waals surface area contributed by atoms with Crippen molar-refractivity contribution in [3.63, 3.8) is 0 Å². The summed E-state index contributed by atoms with van der Waals surface area (Å²) in [7, 11) is 0. The maximum absolute atomic E-state index is 11.8. The minimum absolute atomic E-state index is 0.0937. The van der Waals surface area contributed by atoms with Crippen LogP contribution in [0.3, 0.4) is 0 Å². The van der Waals surface area contributed by atoms with Crippen molar-refractivity contribution in [3.8, 4) is 0 Å². The quantitative estimate of drug-likeness (QED) is 0.442. The number of nitrogens with zero attached hydrogens (tertiary/aromatic N) is 1. The zero-order valence-corrected chi connectivity index (χ0v) is 12.0. The van der Waals surface area contributed by atoms with Gasteiger partial charge in [0.25, 0.3) is 0 Å². The molecule has 5 heteroatoms. The van der Waals surface area contributed by atoms with E-state index in [1.807, 2.05) is 6.92 Å². The van der Waals surface area contributed by atoms with Gasteiger partial charge < -0.3 is 10.4 Å². The largest absolute Gasteiger partial charge is 0.480 e. The van der Waals surface area contributed by atoms with E-state index in [9.17, 15) is 9.59 Å². The van der Waals surface area contributed by atoms with Crippen LogP contribution in [0.25, 0.3) is 0 Å². The van der Waals surface area contributed by atoms with Gasteiger partial charge in [-0.3, -0.25) is 14.5 Å². The lowest BCUT2D eigenvalue weighted by Gasteiger charge is -2.20. The standard InChI is InChI=1S/C14H26N2O3/c1-4-6-7-8-12(3)15-13(17)10-16(9-5-2)11-14(18)19/h5,12H,2,4,6-11H2,1,3H3,(H,15,17)(H,18,19). The van der Waals surface area contributed by atoms with Gasteiger partial charge in [-0.2, -0.15) is 0 Å². The first-order valence-corrected chi connectivity index (χ1v) is 6.84. The summed E-state index contributed by atoms with van der Waals surface area (Å²) in [5.41, 5.74) is 0. The van der Waals surface area contributed by atoms with E-state index >= 15 is 0 Å². The number of carboxylic acid groups (broad SMARTS) is 1. The van der Waals surface area contributed by atoms with Gasteiger partial charge in [0.05, 0.1) is 13.1 Å². The molecule has 19 heavy (non-hydrogen) atoms. The van der Waals surface area contributed by atoms with Crippen molar-refractivity contribution in [2.45, 2.75) is 45.6 Å². The van der Waals surface area contributed by atoms with Crippen molar-refractivity contribution in [2.24, 2.45) is 0 Å². The number of aliphatic carboxylic acids is 1. The Kier molecular flexibility index (Phi) is 9.80. The third kappa shape index (κ3) is 10.3. The van der Waals surface area contributed by atoms with Crippen molar-refractivity contribution in [1.29, 1.82) is 0 Å². The van der Waals surface area contributed by atoms with Gasteiger partial charge in [0, 0.05) is 12.6 Å². The molecule has 1 unspecified atom stereocenters. The van der Waals surface area contributed by atoms with Gasteiger partial charge in [0.1, 0.15) is 0 Å². The predicted octanol–water partition coefficient (Wildman–Crippen LogP) is 1.64. The number of rotatable bonds is 11. The van der Waals surface area contributed by atoms with E-state index in [4.69, 9.17) is 5.11 Å². The molecule has 0 saturated heterocycles. The third-order valence-electron chi connectivity index (χ3n) is 2.76. The monoisotopic (exact) mass is 270 g/mol. The summed E-state index contributed by atoms with van der Waals surface area (Å²) in [6.07, 6.45) is 5.98. The number of nitrogens with one attached hydrogen (secondary N) is 1. The molecular formula is C14H26N2O3. The number of hydrogen-bond donors (Lipinski definition) is 2. The predicted molar refractivity (Wildman–Crippen MR) is 76.0 cm³/mol. The lowest BCUT2D eigenvalue weighted by molar-refractivity contribution is -0.138. The molecule has 0 saturated carbocycles. The van der Waals surface area contributed by atoms with Gasteiger partial charge in [-0.05, 0) is 13.3 Å². The first-order valence-electron chi connectivity index (χ1n) is 6.84. The molecule has 2 N–H and O–H groups in total. The minimum atomic E-state index is -0.939. The Balaban J connectivity index is 4.03. The molecule has 0 aromatic rings. The van der Waals surface area contributed by atoms with Gasteiger partial charge in [-0.15, -0.1) is 6.58 Å². The van der Waals surface area contributed by atoms with Crippen LogP contribution in [0.5, 0.6) is 0 Å². The van der Waals surface area contributed by atoms with Crippen molar-refractivity contribution < 1.29 is 14.7 Å². The highest BCUT2D eigenvalue weighted by atomic mass is 16.4. The Labute approximate surface area is 115 Å². The molecule has 110 valence electrons. The molecule has 0 bridgehead atoms. The summed E-state index contributed by atoms with van der Waals surface area (Å²) in [6, 6.07) is 0.134. The van der Waals surface area contributed by atoms with Crippen LogP contribution in [0.1, 0.15) is 39.5 Å². The average molecular weight is 270 g/mol. The molecule has 1 atom stereocenters. The fourth-order valence-corrected chi connectivity index (χ4v) is 1.86. The van der Waals surface area contributed by atoms with Crippen LogP contribution < -0.4 is 5.32 Å². The van der Waals surface area contributed by atoms with Gasteiger partial charge in [0.2, 0.25) is 5.91 Å². The second-order valence-electron chi connectivity index (χ2n) is 4.82. The highest BCUT2D eigenvalue weighted by Gasteiger charge is 2.14. The SMILES string of the molecule is C=CCN(CC(=O)O)CC(=O)NC(C)CCCCC. The lowest BCUT2D eigenvalue weighted by Crippen LogP contribution is -2.42. The Hall–Kier alpha value is -1.36. The average Bonchev–Trinajstić information content (AvgIpc) is 2.28. The van der Waals surface area contributed by atoms with Crippen LogP contribution in [0.4, 0.5) is 0 Å². The van der Waals surface area contributed by atoms with Gasteiger partial charge in [-0.1, -0.05) is 32.3 Å². The van der Waals surface area contributed by atoms with E-state index in [0.717, 1.165) is 19.3 Å². The molecule has 0 radical (unpaired) electrons. The Morgan fingerprint density at radius 1 is 1.37 bits per heavy atom. The number of hydrogen-bond acceptors (Lipinski definition) is 3. The van der Waals surface area contributed by atoms with E-state index in [0.29, 0.717) is 6.54 Å². The van der Waals surface area contributed by atoms with Crippen LogP contribution in [0, 0.1) is 0 Å². The maximum atomic E-state index is 11.8. The van der Waals surface area contributed by atoms with Crippen molar-refractivity contribution in [2.75, 3.05) is 19.6 Å². The summed E-state index contributed by atoms with van der Waals surface area (Å²) in [4.78, 5) is 24.0. The molecule has 0 aliphatic rings. The molecule has 0 rings (SSSR count). The molecular weight excluding hydrogens is 244 g/mol. The molecule has 0 heterocycles. The molecule has 0 aliphatic heterocycles. The van der Waals surface area contributed by atoms with Crippen LogP contribution in [-0.2, 0) is 9.59 Å². The molecule has 1 amide bonds. The molecule has 0 fully saturated rings. The number of carboxylic acids is 1. The summed E-state index contributed by atoms with van der Waals surface area (Å²) in [5.74, 6) is -1.07. The first kappa shape index (κ1) is 17.6. The molecule has 0 aliphatic carbocycles. The smallest absolute Gasteiger partial charge is 0.317 e. The maximum Gasteiger partial charge on any atom is 0.317 e. The number of amides is 1. The van der Waals surface area contributed by atoms with Gasteiger partial charge in [0.15, 0.2) is 0 Å². The van der Waals surface area contributed by atoms with Crippen molar-refractivity contribution in [1.82, 2.24) is 10.2 Å². The van der Waals surface area contributed by atoms with Gasteiger partial charge >= 0.3 is 5.97 Å². The number of carbonyl (C=O) groups excluding carboxylic acids is 1. The minimum Gasteiger partial charge on any atom is -0.480 e. The van der Waals surface area contributed by atoms with Crippen molar-refractivity contribution in [3.05, 3.63) is 12.7 Å². The fourth-order valence-electron chi connectivity index (χ4n) is 1.86. The number of carbonyl (C=O) groups is 2. The highest BCUT2D eigenvalue weighted by Crippen LogP contribution is 2.02. The van der Waals surface area contributed by atoms with Crippen LogP contribution >= 0.6 is 0 Å². The first-order chi connectivity index (χ1) is 8.99. The van der Waals surface area contributed by atoms with Crippen LogP contribution in [0.2, 0.25) is 0 Å². The van der Waals surface area contributed by atoms with Gasteiger partial charge in [-0.25, -0.2) is 0 Å². The summed E-state index contributed by atoms with van der Waals surface area (Å²) in [5, 5.41) is 11.6. The second-order valence-corrected chi connectivity index (χ2v) is 4.82. The molecule has 5 nitrogen and oxygen atoms in total. The summed E-state index contributed by atoms with van der Waals surface area (Å²) < 4.78 is 0. The van der Waals surface area contributed by atoms with E-state index in [2.05, 4.69) is 18.8 Å². The van der Waals surface area contributed by atoms with Crippen LogP contribution in [0.15, 0.2) is 12.7 Å². The van der Waals surface area contributed by atoms with Crippen LogP contribution in [-0.4, -0.2) is 47.6 Å². The topological polar surface area (TPSA) is 69.6 Å². The Bertz CT molecular complexity index is 292. The zero-order valence-electron chi connectivity index (χ0n) is 12.0. The summed E-state index contributed by atoms with van der Waals surface area (Å²) >= 11 is 0. The van der Waals surface area contributed by atoms with E-state index in [1.165, 1.54) is 6.42 Å². The number of unbranched alkanes of at least 4 members (excludes halogenated alkanes) is 2. The zero-order chi connectivity index (χ0) is 14.7. The highest BCUT2D eigenvalue weighted by molar-refractivity contribution is 5.79. The lowest BCUT2D eigenvalue weighted by atomic mass is 10.1. The summed E-state index contributed by atoms with van der Waals surface area (Å²) in [6.45, 7) is 8.01. The van der Waals surface area contributed by atoms with E-state index in [1.54, 1.807) is 11.0 Å². The van der Waals surface area contributed by atoms with Crippen molar-refractivity contribution >= 4 is 11.9 Å². The Morgan fingerprint density at radius 3 is 2.58 bits per heavy atom. The second kappa shape index (κ2) is 10.6. The Morgan fingerprint density at radius 2 is 2.05 bits per heavy atom. The third-order valence-corrected chi connectivity index (χ3v) is 2.76. The molecule has 0 aromatic heterocycles. The normalized spacial score (nSPS) is 12.2.